The fourth-order valence-corrected chi connectivity index (χ4v) is 5.15. The highest BCUT2D eigenvalue weighted by molar-refractivity contribution is 6.53. The molecule has 0 fully saturated rings. The molecule has 7 nitrogen and oxygen atoms in total. The van der Waals surface area contributed by atoms with Crippen LogP contribution in [0.1, 0.15) is 48.1 Å². The van der Waals surface area contributed by atoms with Crippen molar-refractivity contribution in [2.24, 2.45) is 0 Å². The Bertz CT molecular complexity index is 1620. The van der Waals surface area contributed by atoms with Crippen LogP contribution in [-0.2, 0) is 9.53 Å². The van der Waals surface area contributed by atoms with Crippen LogP contribution in [0, 0.1) is 0 Å². The van der Waals surface area contributed by atoms with E-state index >= 15 is 0 Å². The SMILES string of the molecule is O=C1C(=O)c2ccccc2C2=C1C(c1ccc3c(c1)OCO3)C1=C(O2)C(=O)c2ccccc2C1=O. The number of Topliss-reactive ketones (excluding diaryl/α,β-unsaturated/α-hetero) is 4. The fraction of sp³-hybridized carbons (Fsp3) is 0.0714. The van der Waals surface area contributed by atoms with Gasteiger partial charge in [-0.1, -0.05) is 54.6 Å². The van der Waals surface area contributed by atoms with Crippen LogP contribution < -0.4 is 9.47 Å². The third-order valence-corrected chi connectivity index (χ3v) is 6.74. The summed E-state index contributed by atoms with van der Waals surface area (Å²) in [4.78, 5) is 53.9. The van der Waals surface area contributed by atoms with Gasteiger partial charge in [0, 0.05) is 28.2 Å². The molecular formula is C28H14O7. The van der Waals surface area contributed by atoms with Crippen molar-refractivity contribution in [3.63, 3.8) is 0 Å². The zero-order valence-electron chi connectivity index (χ0n) is 18.0. The molecule has 0 amide bonds. The largest absolute Gasteiger partial charge is 0.454 e. The first-order valence-corrected chi connectivity index (χ1v) is 11.0. The van der Waals surface area contributed by atoms with Crippen molar-refractivity contribution in [2.45, 2.75) is 5.92 Å². The summed E-state index contributed by atoms with van der Waals surface area (Å²) in [7, 11) is 0. The van der Waals surface area contributed by atoms with Gasteiger partial charge in [-0.3, -0.25) is 19.2 Å². The summed E-state index contributed by atoms with van der Waals surface area (Å²) in [5.74, 6) is -2.38. The van der Waals surface area contributed by atoms with Gasteiger partial charge in [0.25, 0.3) is 0 Å². The predicted octanol–water partition coefficient (Wildman–Crippen LogP) is 4.04. The monoisotopic (exact) mass is 462 g/mol. The quantitative estimate of drug-likeness (QED) is 0.504. The van der Waals surface area contributed by atoms with E-state index in [1.807, 2.05) is 0 Å². The standard InChI is InChI=1S/C28H14O7/c29-23-14-5-1-2-6-15(14)25(31)28-21(23)20(13-9-10-18-19(11-13)34-12-33-18)22-26(32)24(30)16-7-3-4-8-17(16)27(22)35-28/h1-11,20H,12H2. The molecule has 35 heavy (non-hydrogen) atoms. The molecule has 1 unspecified atom stereocenters. The van der Waals surface area contributed by atoms with Crippen molar-refractivity contribution in [2.75, 3.05) is 6.79 Å². The average Bonchev–Trinajstić information content (AvgIpc) is 3.37. The third-order valence-electron chi connectivity index (χ3n) is 6.74. The van der Waals surface area contributed by atoms with Crippen LogP contribution in [0.2, 0.25) is 0 Å². The van der Waals surface area contributed by atoms with Gasteiger partial charge in [0.15, 0.2) is 23.0 Å². The van der Waals surface area contributed by atoms with Crippen LogP contribution in [0.4, 0.5) is 0 Å². The molecule has 2 aliphatic heterocycles. The molecule has 3 aromatic carbocycles. The summed E-state index contributed by atoms with van der Waals surface area (Å²) >= 11 is 0. The summed E-state index contributed by atoms with van der Waals surface area (Å²) in [5, 5.41) is 0. The van der Waals surface area contributed by atoms with E-state index in [1.165, 1.54) is 0 Å². The summed E-state index contributed by atoms with van der Waals surface area (Å²) in [6.45, 7) is 0.0457. The van der Waals surface area contributed by atoms with Crippen molar-refractivity contribution in [1.82, 2.24) is 0 Å². The lowest BCUT2D eigenvalue weighted by atomic mass is 9.70. The van der Waals surface area contributed by atoms with Crippen LogP contribution in [0.5, 0.6) is 11.5 Å². The van der Waals surface area contributed by atoms with Crippen molar-refractivity contribution >= 4 is 28.9 Å². The Hall–Kier alpha value is -4.78. The molecule has 4 aliphatic rings. The minimum absolute atomic E-state index is 0.0341. The lowest BCUT2D eigenvalue weighted by Crippen LogP contribution is -2.36. The molecule has 0 N–H and O–H groups in total. The van der Waals surface area contributed by atoms with Gasteiger partial charge in [-0.25, -0.2) is 0 Å². The molecule has 2 heterocycles. The lowest BCUT2D eigenvalue weighted by Gasteiger charge is -2.35. The summed E-state index contributed by atoms with van der Waals surface area (Å²) < 4.78 is 17.0. The zero-order chi connectivity index (χ0) is 23.8. The van der Waals surface area contributed by atoms with E-state index in [1.54, 1.807) is 66.7 Å². The molecule has 0 saturated carbocycles. The topological polar surface area (TPSA) is 96.0 Å². The number of allylic oxidation sites excluding steroid dienone is 3. The van der Waals surface area contributed by atoms with Crippen LogP contribution >= 0.6 is 0 Å². The van der Waals surface area contributed by atoms with Gasteiger partial charge in [0.05, 0.1) is 11.1 Å². The van der Waals surface area contributed by atoms with Gasteiger partial charge >= 0.3 is 0 Å². The molecule has 0 bridgehead atoms. The molecule has 0 spiro atoms. The smallest absolute Gasteiger partial charge is 0.234 e. The molecular weight excluding hydrogens is 448 g/mol. The Labute approximate surface area is 198 Å². The van der Waals surface area contributed by atoms with E-state index in [0.29, 0.717) is 22.6 Å². The lowest BCUT2D eigenvalue weighted by molar-refractivity contribution is -0.112. The number of fused-ring (bicyclic) bond motifs is 4. The van der Waals surface area contributed by atoms with E-state index < -0.39 is 29.1 Å². The number of benzene rings is 3. The number of ether oxygens (including phenoxy) is 3. The molecule has 3 aromatic rings. The van der Waals surface area contributed by atoms with E-state index in [4.69, 9.17) is 14.2 Å². The van der Waals surface area contributed by atoms with Crippen molar-refractivity contribution in [3.05, 3.63) is 111 Å². The average molecular weight is 462 g/mol. The molecule has 7 heteroatoms. The number of ketones is 4. The molecule has 2 aliphatic carbocycles. The van der Waals surface area contributed by atoms with Gasteiger partial charge in [-0.05, 0) is 17.7 Å². The Balaban J connectivity index is 1.53. The Morgan fingerprint density at radius 2 is 1.17 bits per heavy atom. The van der Waals surface area contributed by atoms with Crippen LogP contribution in [0.15, 0.2) is 83.6 Å². The fourth-order valence-electron chi connectivity index (χ4n) is 5.15. The van der Waals surface area contributed by atoms with Crippen molar-refractivity contribution < 1.29 is 33.4 Å². The first-order valence-electron chi connectivity index (χ1n) is 11.0. The summed E-state index contributed by atoms with van der Waals surface area (Å²) in [6, 6.07) is 18.1. The number of carbonyl (C=O) groups is 4. The summed E-state index contributed by atoms with van der Waals surface area (Å²) in [5.41, 5.74) is 1.64. The summed E-state index contributed by atoms with van der Waals surface area (Å²) in [6.07, 6.45) is 0. The number of rotatable bonds is 1. The maximum atomic E-state index is 13.8. The van der Waals surface area contributed by atoms with Crippen LogP contribution in [0.25, 0.3) is 5.76 Å². The van der Waals surface area contributed by atoms with Crippen LogP contribution in [-0.4, -0.2) is 29.9 Å². The van der Waals surface area contributed by atoms with Gasteiger partial charge in [0.1, 0.15) is 5.76 Å². The second-order valence-corrected chi connectivity index (χ2v) is 8.54. The van der Waals surface area contributed by atoms with Gasteiger partial charge in [0.2, 0.25) is 24.1 Å². The highest BCUT2D eigenvalue weighted by Crippen LogP contribution is 2.51. The molecule has 7 rings (SSSR count). The molecule has 1 atom stereocenters. The Morgan fingerprint density at radius 3 is 1.91 bits per heavy atom. The van der Waals surface area contributed by atoms with Crippen molar-refractivity contribution in [1.29, 1.82) is 0 Å². The third kappa shape index (κ3) is 2.55. The first-order chi connectivity index (χ1) is 17.0. The van der Waals surface area contributed by atoms with E-state index in [-0.39, 0.29) is 46.1 Å². The van der Waals surface area contributed by atoms with Gasteiger partial charge in [-0.15, -0.1) is 0 Å². The number of hydrogen-bond donors (Lipinski definition) is 0. The minimum atomic E-state index is -1.00. The second-order valence-electron chi connectivity index (χ2n) is 8.54. The Kier molecular flexibility index (Phi) is 3.86. The minimum Gasteiger partial charge on any atom is -0.454 e. The van der Waals surface area contributed by atoms with Gasteiger partial charge < -0.3 is 14.2 Å². The maximum Gasteiger partial charge on any atom is 0.234 e. The first kappa shape index (κ1) is 19.7. The molecule has 0 aromatic heterocycles. The van der Waals surface area contributed by atoms with E-state index in [0.717, 1.165) is 0 Å². The van der Waals surface area contributed by atoms with Gasteiger partial charge in [-0.2, -0.15) is 0 Å². The normalized spacial score (nSPS) is 19.7. The second kappa shape index (κ2) is 6.87. The highest BCUT2D eigenvalue weighted by atomic mass is 16.7. The highest BCUT2D eigenvalue weighted by Gasteiger charge is 2.49. The molecule has 0 radical (unpaired) electrons. The molecule has 168 valence electrons. The molecule has 0 saturated heterocycles. The number of carbonyl (C=O) groups excluding carboxylic acids is 4. The van der Waals surface area contributed by atoms with E-state index in [2.05, 4.69) is 0 Å². The van der Waals surface area contributed by atoms with Crippen LogP contribution in [0.3, 0.4) is 0 Å². The Morgan fingerprint density at radius 1 is 0.571 bits per heavy atom. The van der Waals surface area contributed by atoms with E-state index in [9.17, 15) is 19.2 Å². The predicted molar refractivity (Wildman–Crippen MR) is 121 cm³/mol. The van der Waals surface area contributed by atoms with Crippen molar-refractivity contribution in [3.8, 4) is 11.5 Å². The zero-order valence-corrected chi connectivity index (χ0v) is 18.0. The maximum absolute atomic E-state index is 13.8. The number of hydrogen-bond acceptors (Lipinski definition) is 7.